The van der Waals surface area contributed by atoms with Crippen LogP contribution in [0.4, 0.5) is 11.5 Å². The summed E-state index contributed by atoms with van der Waals surface area (Å²) in [6.07, 6.45) is 6.15. The summed E-state index contributed by atoms with van der Waals surface area (Å²) < 4.78 is 15.2. The maximum atomic E-state index is 12.7. The van der Waals surface area contributed by atoms with E-state index in [-0.39, 0.29) is 11.4 Å². The lowest BCUT2D eigenvalue weighted by molar-refractivity contribution is -0.0857. The highest BCUT2D eigenvalue weighted by atomic mass is 16.5. The second-order valence-electron chi connectivity index (χ2n) is 13.8. The summed E-state index contributed by atoms with van der Waals surface area (Å²) in [6, 6.07) is 8.50. The molecule has 7 rings (SSSR count). The van der Waals surface area contributed by atoms with Crippen molar-refractivity contribution < 1.29 is 14.3 Å². The normalized spacial score (nSPS) is 24.1. The zero-order valence-electron chi connectivity index (χ0n) is 27.3. The Morgan fingerprint density at radius 3 is 2.78 bits per heavy atom. The second kappa shape index (κ2) is 11.5. The Morgan fingerprint density at radius 1 is 1.17 bits per heavy atom. The van der Waals surface area contributed by atoms with Gasteiger partial charge in [-0.3, -0.25) is 14.4 Å². The maximum absolute atomic E-state index is 12.7. The number of nitriles is 1. The van der Waals surface area contributed by atoms with Gasteiger partial charge in [-0.25, -0.2) is 0 Å². The number of carbonyl (C=O) groups excluding carboxylic acids is 1. The molecule has 1 aliphatic carbocycles. The van der Waals surface area contributed by atoms with E-state index in [1.54, 1.807) is 19.0 Å². The van der Waals surface area contributed by atoms with E-state index in [4.69, 9.17) is 25.2 Å². The molecule has 4 aliphatic rings. The first-order valence-corrected chi connectivity index (χ1v) is 16.3. The molecule has 3 aromatic rings. The molecule has 5 heterocycles. The number of aromatic nitrogens is 4. The number of ether oxygens (including phenoxy) is 2. The number of fused-ring (bicyclic) bond motifs is 4. The number of nitrogens with zero attached hydrogens (tertiary/aromatic N) is 8. The first kappa shape index (κ1) is 30.4. The van der Waals surface area contributed by atoms with E-state index in [1.807, 2.05) is 22.9 Å². The van der Waals surface area contributed by atoms with Crippen LogP contribution in [-0.2, 0) is 42.9 Å². The number of hydrogen-bond donors (Lipinski definition) is 1. The van der Waals surface area contributed by atoms with Crippen molar-refractivity contribution in [1.29, 1.82) is 5.26 Å². The number of benzene rings is 1. The highest BCUT2D eigenvalue weighted by molar-refractivity contribution is 5.92. The molecule has 0 bridgehead atoms. The zero-order chi connectivity index (χ0) is 32.2. The summed E-state index contributed by atoms with van der Waals surface area (Å²) in [7, 11) is 5.62. The van der Waals surface area contributed by atoms with Crippen molar-refractivity contribution in [1.82, 2.24) is 29.5 Å². The molecule has 0 saturated carbocycles. The first-order chi connectivity index (χ1) is 22.1. The summed E-state index contributed by atoms with van der Waals surface area (Å²) in [5, 5.41) is 14.8. The van der Waals surface area contributed by atoms with Crippen LogP contribution in [0.2, 0.25) is 0 Å². The minimum atomic E-state index is -0.694. The lowest BCUT2D eigenvalue weighted by Crippen LogP contribution is -2.44. The molecular formula is C34H43N9O3. The molecule has 1 amide bonds. The minimum absolute atomic E-state index is 0.0875. The number of likely N-dealkylation sites (tertiary alicyclic amines) is 1. The SMILES string of the molecule is CN(C)C(=O)c1cc2n(n1)CCCN(c1nc(OC[C@]3(C)CCCN3C)nc3c1COC1(CCCc4ccc(N)c(C#N)c41)C3)C2. The molecule has 1 spiro atoms. The van der Waals surface area contributed by atoms with Gasteiger partial charge >= 0.3 is 6.01 Å². The van der Waals surface area contributed by atoms with Gasteiger partial charge < -0.3 is 25.0 Å². The fraction of sp³-hybridized carbons (Fsp3) is 0.559. The van der Waals surface area contributed by atoms with Crippen LogP contribution in [-0.4, -0.2) is 81.8 Å². The summed E-state index contributed by atoms with van der Waals surface area (Å²) in [5.74, 6) is 0.676. The Kier molecular flexibility index (Phi) is 7.64. The topological polar surface area (TPSA) is 139 Å². The van der Waals surface area contributed by atoms with Crippen LogP contribution in [0.3, 0.4) is 0 Å². The maximum Gasteiger partial charge on any atom is 0.318 e. The number of nitrogens with two attached hydrogens (primary N) is 1. The van der Waals surface area contributed by atoms with Crippen LogP contribution in [0.5, 0.6) is 6.01 Å². The van der Waals surface area contributed by atoms with Crippen LogP contribution < -0.4 is 15.4 Å². The van der Waals surface area contributed by atoms with Crippen LogP contribution in [0.25, 0.3) is 0 Å². The molecule has 12 heteroatoms. The van der Waals surface area contributed by atoms with Gasteiger partial charge in [-0.05, 0) is 76.7 Å². The van der Waals surface area contributed by atoms with Crippen molar-refractivity contribution in [2.75, 3.05) is 51.5 Å². The predicted molar refractivity (Wildman–Crippen MR) is 172 cm³/mol. The highest BCUT2D eigenvalue weighted by Crippen LogP contribution is 2.48. The van der Waals surface area contributed by atoms with Gasteiger partial charge in [-0.2, -0.15) is 20.3 Å². The Balaban J connectivity index is 1.28. The number of rotatable bonds is 5. The van der Waals surface area contributed by atoms with Gasteiger partial charge in [0.2, 0.25) is 0 Å². The Labute approximate surface area is 270 Å². The fourth-order valence-corrected chi connectivity index (χ4v) is 7.71. The van der Waals surface area contributed by atoms with E-state index < -0.39 is 5.60 Å². The number of anilines is 2. The molecule has 2 aromatic heterocycles. The third kappa shape index (κ3) is 5.15. The predicted octanol–water partition coefficient (Wildman–Crippen LogP) is 3.41. The first-order valence-electron chi connectivity index (χ1n) is 16.3. The third-order valence-corrected chi connectivity index (χ3v) is 10.5. The Morgan fingerprint density at radius 2 is 2.02 bits per heavy atom. The van der Waals surface area contributed by atoms with E-state index in [9.17, 15) is 10.1 Å². The highest BCUT2D eigenvalue weighted by Gasteiger charge is 2.45. The van der Waals surface area contributed by atoms with Crippen molar-refractivity contribution in [3.05, 3.63) is 57.5 Å². The van der Waals surface area contributed by atoms with E-state index in [1.165, 1.54) is 0 Å². The van der Waals surface area contributed by atoms with Gasteiger partial charge in [0.15, 0.2) is 5.69 Å². The number of hydrogen-bond acceptors (Lipinski definition) is 10. The van der Waals surface area contributed by atoms with E-state index >= 15 is 0 Å². The summed E-state index contributed by atoms with van der Waals surface area (Å²) >= 11 is 0. The monoisotopic (exact) mass is 625 g/mol. The Bertz CT molecular complexity index is 1730. The third-order valence-electron chi connectivity index (χ3n) is 10.5. The van der Waals surface area contributed by atoms with Gasteiger partial charge in [0, 0.05) is 50.4 Å². The molecule has 0 radical (unpaired) electrons. The number of likely N-dealkylation sites (N-methyl/N-ethyl adjacent to an activating group) is 1. The van der Waals surface area contributed by atoms with Crippen molar-refractivity contribution in [3.8, 4) is 12.1 Å². The standard InChI is InChI=1S/C34H43N9O3/c1-33(11-6-13-41(33)4)21-45-32-37-28-17-34(12-5-8-22-9-10-26(36)24(18-35)29(22)34)46-20-25(28)30(38-32)42-14-7-15-43-23(19-42)16-27(39-43)31(44)40(2)3/h9-10,16H,5-8,11-15,17,19-21,36H2,1-4H3/t33-,34?/m0/s1. The second-order valence-corrected chi connectivity index (χ2v) is 13.8. The van der Waals surface area contributed by atoms with E-state index in [0.717, 1.165) is 85.5 Å². The summed E-state index contributed by atoms with van der Waals surface area (Å²) in [5.41, 5.74) is 11.8. The fourth-order valence-electron chi connectivity index (χ4n) is 7.71. The average Bonchev–Trinajstić information content (AvgIpc) is 3.53. The lowest BCUT2D eigenvalue weighted by Gasteiger charge is -2.43. The van der Waals surface area contributed by atoms with Gasteiger partial charge in [0.1, 0.15) is 24.1 Å². The van der Waals surface area contributed by atoms with Crippen LogP contribution in [0.15, 0.2) is 18.2 Å². The molecule has 242 valence electrons. The van der Waals surface area contributed by atoms with Gasteiger partial charge in [0.25, 0.3) is 5.91 Å². The van der Waals surface area contributed by atoms with Crippen LogP contribution in [0, 0.1) is 11.3 Å². The smallest absolute Gasteiger partial charge is 0.318 e. The van der Waals surface area contributed by atoms with Crippen molar-refractivity contribution in [2.24, 2.45) is 0 Å². The Hall–Kier alpha value is -4.21. The zero-order valence-corrected chi connectivity index (χ0v) is 27.3. The number of aryl methyl sites for hydroxylation is 2. The molecule has 12 nitrogen and oxygen atoms in total. The molecule has 1 aromatic carbocycles. The van der Waals surface area contributed by atoms with Gasteiger partial charge in [-0.15, -0.1) is 0 Å². The average molecular weight is 626 g/mol. The molecule has 46 heavy (non-hydrogen) atoms. The molecular weight excluding hydrogens is 582 g/mol. The summed E-state index contributed by atoms with van der Waals surface area (Å²) in [6.45, 7) is 6.08. The van der Waals surface area contributed by atoms with Crippen molar-refractivity contribution >= 4 is 17.4 Å². The number of amides is 1. The van der Waals surface area contributed by atoms with Crippen molar-refractivity contribution in [2.45, 2.75) is 82.7 Å². The van der Waals surface area contributed by atoms with E-state index in [0.29, 0.717) is 55.7 Å². The molecule has 3 aliphatic heterocycles. The summed E-state index contributed by atoms with van der Waals surface area (Å²) in [4.78, 5) is 29.0. The van der Waals surface area contributed by atoms with Gasteiger partial charge in [-0.1, -0.05) is 6.07 Å². The quantitative estimate of drug-likeness (QED) is 0.420. The molecule has 1 fully saturated rings. The largest absolute Gasteiger partial charge is 0.461 e. The number of carbonyl (C=O) groups is 1. The molecule has 2 N–H and O–H groups in total. The van der Waals surface area contributed by atoms with Crippen molar-refractivity contribution in [3.63, 3.8) is 0 Å². The lowest BCUT2D eigenvalue weighted by atomic mass is 9.72. The van der Waals surface area contributed by atoms with Crippen LogP contribution in [0.1, 0.15) is 83.2 Å². The molecule has 1 saturated heterocycles. The van der Waals surface area contributed by atoms with E-state index in [2.05, 4.69) is 34.9 Å². The van der Waals surface area contributed by atoms with Gasteiger partial charge in [0.05, 0.1) is 35.6 Å². The molecule has 1 unspecified atom stereocenters. The molecule has 2 atom stereocenters. The minimum Gasteiger partial charge on any atom is -0.461 e. The number of nitrogen functional groups attached to an aromatic ring is 1. The van der Waals surface area contributed by atoms with Crippen LogP contribution >= 0.6 is 0 Å².